The molecule has 7 heteroatoms. The molecular weight excluding hydrogens is 661 g/mol. The van der Waals surface area contributed by atoms with Crippen LogP contribution >= 0.6 is 0 Å². The number of nitrogens with zero attached hydrogens (tertiary/aromatic N) is 2. The van der Waals surface area contributed by atoms with Crippen molar-refractivity contribution >= 4 is 28.1 Å². The number of imidazole rings is 1. The summed E-state index contributed by atoms with van der Waals surface area (Å²) >= 11 is 0. The summed E-state index contributed by atoms with van der Waals surface area (Å²) in [7, 11) is 3.57. The number of aryl methyl sites for hydroxylation is 2. The van der Waals surface area contributed by atoms with Crippen LogP contribution in [0.1, 0.15) is 91.0 Å². The van der Waals surface area contributed by atoms with Crippen LogP contribution in [0.2, 0.25) is 0 Å². The van der Waals surface area contributed by atoms with Crippen LogP contribution in [-0.4, -0.2) is 34.3 Å². The third-order valence-corrected chi connectivity index (χ3v) is 9.31. The molecule has 1 aliphatic rings. The van der Waals surface area contributed by atoms with E-state index in [1.165, 1.54) is 5.56 Å². The number of hydrogen-bond acceptors (Lipinski definition) is 5. The second-order valence-corrected chi connectivity index (χ2v) is 13.8. The maximum atomic E-state index is 11.7. The minimum absolute atomic E-state index is 0.240. The number of ether oxygens (including phenoxy) is 3. The van der Waals surface area contributed by atoms with Gasteiger partial charge in [0.05, 0.1) is 36.1 Å². The van der Waals surface area contributed by atoms with E-state index in [1.54, 1.807) is 25.3 Å². The van der Waals surface area contributed by atoms with E-state index in [0.717, 1.165) is 87.4 Å². The van der Waals surface area contributed by atoms with Crippen molar-refractivity contribution in [3.8, 4) is 5.75 Å². The van der Waals surface area contributed by atoms with E-state index >= 15 is 0 Å². The zero-order valence-electron chi connectivity index (χ0n) is 31.9. The van der Waals surface area contributed by atoms with E-state index in [2.05, 4.69) is 88.1 Å². The van der Waals surface area contributed by atoms with Gasteiger partial charge in [0.25, 0.3) is 0 Å². The minimum atomic E-state index is -0.957. The van der Waals surface area contributed by atoms with Crippen LogP contribution < -0.4 is 4.74 Å². The lowest BCUT2D eigenvalue weighted by atomic mass is 9.95. The number of rotatable bonds is 10. The fourth-order valence-corrected chi connectivity index (χ4v) is 6.20. The lowest BCUT2D eigenvalue weighted by Crippen LogP contribution is -2.06. The first kappa shape index (κ1) is 38.7. The zero-order valence-corrected chi connectivity index (χ0v) is 31.9. The van der Waals surface area contributed by atoms with Gasteiger partial charge in [-0.3, -0.25) is 0 Å². The molecule has 0 saturated carbocycles. The number of aromatic carboxylic acids is 1. The van der Waals surface area contributed by atoms with Crippen LogP contribution in [0.15, 0.2) is 115 Å². The maximum absolute atomic E-state index is 11.7. The van der Waals surface area contributed by atoms with Gasteiger partial charge in [0, 0.05) is 19.0 Å². The molecule has 1 aliphatic heterocycles. The van der Waals surface area contributed by atoms with Gasteiger partial charge >= 0.3 is 5.97 Å². The SMILES string of the molecule is C=C(/C=C(\C=C/C(C)C)c1ccc2c(c1)CCCOc1cc(ccc1Cc1nc3ccc(C(=O)O)cc3n1C)C(=C/CCC)/C=C\C=C(/C)OC2)OC. The highest BCUT2D eigenvalue weighted by molar-refractivity contribution is 5.92. The number of carboxylic acid groups (broad SMARTS) is 1. The Labute approximate surface area is 314 Å². The van der Waals surface area contributed by atoms with Crippen molar-refractivity contribution in [2.45, 2.75) is 66.4 Å². The standard InChI is InChI=1S/C46H52N2O5/c1-8-9-13-34-14-10-12-32(4)53-30-41-21-19-37(36(17-16-31(2)3)25-33(5)51-7)26-35(41)15-11-24-52-44-28-38(34)18-20-39(44)29-45-47-42-23-22-40(46(49)50)27-43(42)48(45)6/h10,12-14,16-23,25-28,31H,5,8-9,11,15,24,29-30H2,1-4,6-7H3,(H,49,50)/b14-10-,17-16-,32-12+,34-13+,36-25+. The summed E-state index contributed by atoms with van der Waals surface area (Å²) in [6.07, 6.45) is 18.9. The molecule has 0 amide bonds. The van der Waals surface area contributed by atoms with Crippen LogP contribution in [0, 0.1) is 5.92 Å². The third kappa shape index (κ3) is 10.3. The molecule has 1 aromatic heterocycles. The van der Waals surface area contributed by atoms with Gasteiger partial charge in [-0.1, -0.05) is 94.5 Å². The van der Waals surface area contributed by atoms with E-state index in [0.29, 0.717) is 31.3 Å². The quantitative estimate of drug-likeness (QED) is 0.130. The first-order valence-electron chi connectivity index (χ1n) is 18.4. The number of hydrogen-bond donors (Lipinski definition) is 1. The Morgan fingerprint density at radius 2 is 1.89 bits per heavy atom. The van der Waals surface area contributed by atoms with E-state index in [-0.39, 0.29) is 5.56 Å². The number of fused-ring (bicyclic) bond motifs is 4. The molecule has 7 nitrogen and oxygen atoms in total. The molecule has 0 atom stereocenters. The molecule has 0 saturated heterocycles. The highest BCUT2D eigenvalue weighted by Crippen LogP contribution is 2.30. The molecule has 0 spiro atoms. The molecule has 2 heterocycles. The van der Waals surface area contributed by atoms with Gasteiger partial charge in [0.2, 0.25) is 0 Å². The van der Waals surface area contributed by atoms with Crippen LogP contribution in [-0.2, 0) is 36.0 Å². The molecule has 53 heavy (non-hydrogen) atoms. The highest BCUT2D eigenvalue weighted by Gasteiger charge is 2.16. The lowest BCUT2D eigenvalue weighted by Gasteiger charge is -2.17. The van der Waals surface area contributed by atoms with Crippen molar-refractivity contribution < 1.29 is 24.1 Å². The molecule has 3 aromatic carbocycles. The Balaban J connectivity index is 1.51. The van der Waals surface area contributed by atoms with Crippen molar-refractivity contribution in [2.75, 3.05) is 13.7 Å². The molecule has 5 rings (SSSR count). The number of unbranched alkanes of at least 4 members (excludes halogenated alkanes) is 1. The van der Waals surface area contributed by atoms with Crippen LogP contribution in [0.5, 0.6) is 5.75 Å². The third-order valence-electron chi connectivity index (χ3n) is 9.31. The van der Waals surface area contributed by atoms with Crippen molar-refractivity contribution in [2.24, 2.45) is 13.0 Å². The van der Waals surface area contributed by atoms with Gasteiger partial charge in [0.15, 0.2) is 0 Å². The molecule has 0 radical (unpaired) electrons. The predicted octanol–water partition coefficient (Wildman–Crippen LogP) is 10.8. The topological polar surface area (TPSA) is 82.8 Å². The number of carbonyl (C=O) groups is 1. The van der Waals surface area contributed by atoms with Gasteiger partial charge in [-0.05, 0) is 102 Å². The Kier molecular flexibility index (Phi) is 13.3. The highest BCUT2D eigenvalue weighted by atomic mass is 16.5. The average Bonchev–Trinajstić information content (AvgIpc) is 3.46. The van der Waals surface area contributed by atoms with Crippen molar-refractivity contribution in [1.82, 2.24) is 9.55 Å². The van der Waals surface area contributed by atoms with Crippen molar-refractivity contribution in [1.29, 1.82) is 0 Å². The van der Waals surface area contributed by atoms with Gasteiger partial charge < -0.3 is 23.9 Å². The molecule has 0 aliphatic carbocycles. The second kappa shape index (κ2) is 18.3. The zero-order chi connectivity index (χ0) is 37.9. The van der Waals surface area contributed by atoms with E-state index < -0.39 is 5.97 Å². The molecule has 2 bridgehead atoms. The summed E-state index contributed by atoms with van der Waals surface area (Å²) in [6.45, 7) is 13.5. The van der Waals surface area contributed by atoms with Gasteiger partial charge in [-0.15, -0.1) is 0 Å². The van der Waals surface area contributed by atoms with E-state index in [4.69, 9.17) is 19.2 Å². The lowest BCUT2D eigenvalue weighted by molar-refractivity contribution is 0.0697. The summed E-state index contributed by atoms with van der Waals surface area (Å²) in [6, 6.07) is 18.0. The minimum Gasteiger partial charge on any atom is -0.497 e. The average molecular weight is 713 g/mol. The Morgan fingerprint density at radius 3 is 2.64 bits per heavy atom. The summed E-state index contributed by atoms with van der Waals surface area (Å²) in [5.41, 5.74) is 9.45. The van der Waals surface area contributed by atoms with E-state index in [1.807, 2.05) is 36.8 Å². The molecule has 0 fully saturated rings. The number of allylic oxidation sites excluding steroid dienone is 10. The number of carboxylic acids is 1. The van der Waals surface area contributed by atoms with Crippen molar-refractivity contribution in [3.05, 3.63) is 154 Å². The fourth-order valence-electron chi connectivity index (χ4n) is 6.20. The smallest absolute Gasteiger partial charge is 0.335 e. The summed E-state index contributed by atoms with van der Waals surface area (Å²) in [4.78, 5) is 16.5. The van der Waals surface area contributed by atoms with Gasteiger partial charge in [-0.2, -0.15) is 0 Å². The number of benzene rings is 3. The molecular formula is C46H52N2O5. The molecule has 0 unspecified atom stereocenters. The Bertz CT molecular complexity index is 2110. The second-order valence-electron chi connectivity index (χ2n) is 13.8. The normalized spacial score (nSPS) is 16.5. The monoisotopic (exact) mass is 712 g/mol. The van der Waals surface area contributed by atoms with Gasteiger partial charge in [-0.25, -0.2) is 9.78 Å². The first-order chi connectivity index (χ1) is 25.6. The summed E-state index contributed by atoms with van der Waals surface area (Å²) < 4.78 is 20.3. The summed E-state index contributed by atoms with van der Waals surface area (Å²) in [5.74, 6) is 2.53. The van der Waals surface area contributed by atoms with Gasteiger partial charge in [0.1, 0.15) is 23.9 Å². The predicted molar refractivity (Wildman–Crippen MR) is 216 cm³/mol. The fraction of sp³-hybridized carbons (Fsp3) is 0.304. The van der Waals surface area contributed by atoms with Crippen LogP contribution in [0.25, 0.3) is 22.2 Å². The Morgan fingerprint density at radius 1 is 1.08 bits per heavy atom. The molecule has 4 aromatic rings. The number of aromatic nitrogens is 2. The number of methoxy groups -OCH3 is 1. The molecule has 276 valence electrons. The summed E-state index contributed by atoms with van der Waals surface area (Å²) in [5, 5.41) is 9.55. The van der Waals surface area contributed by atoms with Crippen LogP contribution in [0.4, 0.5) is 0 Å². The Hall–Kier alpha value is -5.56. The van der Waals surface area contributed by atoms with Crippen LogP contribution in [0.3, 0.4) is 0 Å². The molecule has 1 N–H and O–H groups in total. The first-order valence-corrected chi connectivity index (χ1v) is 18.4. The van der Waals surface area contributed by atoms with E-state index in [9.17, 15) is 9.90 Å². The largest absolute Gasteiger partial charge is 0.497 e. The van der Waals surface area contributed by atoms with Crippen molar-refractivity contribution in [3.63, 3.8) is 0 Å². The maximum Gasteiger partial charge on any atom is 0.335 e.